The second-order valence-electron chi connectivity index (χ2n) is 4.09. The van der Waals surface area contributed by atoms with Crippen LogP contribution in [0.2, 0.25) is 0 Å². The Hall–Kier alpha value is -2.27. The number of anilines is 1. The predicted molar refractivity (Wildman–Crippen MR) is 81.0 cm³/mol. The summed E-state index contributed by atoms with van der Waals surface area (Å²) in [4.78, 5) is 0. The molecule has 0 heterocycles. The van der Waals surface area contributed by atoms with Crippen LogP contribution in [0, 0.1) is 0 Å². The maximum absolute atomic E-state index is 11.9. The molecule has 0 atom stereocenters. The monoisotopic (exact) mass is 289 g/mol. The number of benzene rings is 2. The van der Waals surface area contributed by atoms with Gasteiger partial charge in [-0.05, 0) is 35.9 Å². The summed E-state index contributed by atoms with van der Waals surface area (Å²) >= 11 is 0. The average molecular weight is 289 g/mol. The Labute approximate surface area is 118 Å². The Kier molecular flexibility index (Phi) is 4.42. The van der Waals surface area contributed by atoms with E-state index in [1.54, 1.807) is 37.5 Å². The van der Waals surface area contributed by atoms with Gasteiger partial charge in [0.05, 0.1) is 12.5 Å². The Morgan fingerprint density at radius 2 is 1.65 bits per heavy atom. The maximum Gasteiger partial charge on any atom is 0.255 e. The summed E-state index contributed by atoms with van der Waals surface area (Å²) in [5, 5.41) is 1.15. The molecule has 0 aliphatic heterocycles. The summed E-state index contributed by atoms with van der Waals surface area (Å²) in [5.41, 5.74) is 1.32. The lowest BCUT2D eigenvalue weighted by Crippen LogP contribution is -2.08. The highest BCUT2D eigenvalue weighted by Gasteiger charge is 2.05. The van der Waals surface area contributed by atoms with Crippen LogP contribution in [0.15, 0.2) is 60.0 Å². The molecule has 104 valence electrons. The second kappa shape index (κ2) is 6.25. The van der Waals surface area contributed by atoms with Gasteiger partial charge in [-0.2, -0.15) is 0 Å². The largest absolute Gasteiger partial charge is 0.497 e. The molecule has 2 aromatic rings. The van der Waals surface area contributed by atoms with E-state index in [1.807, 2.05) is 30.3 Å². The summed E-state index contributed by atoms with van der Waals surface area (Å²) in [6, 6.07) is 15.9. The first kappa shape index (κ1) is 14.1. The second-order valence-corrected chi connectivity index (χ2v) is 5.66. The average Bonchev–Trinajstić information content (AvgIpc) is 2.47. The van der Waals surface area contributed by atoms with Crippen LogP contribution in [0.3, 0.4) is 0 Å². The van der Waals surface area contributed by atoms with Crippen molar-refractivity contribution in [1.82, 2.24) is 0 Å². The Balaban J connectivity index is 2.09. The molecular formula is C15H15NO3S. The molecule has 0 unspecified atom stereocenters. The predicted octanol–water partition coefficient (Wildman–Crippen LogP) is 3.11. The fraction of sp³-hybridized carbons (Fsp3) is 0.0667. The lowest BCUT2D eigenvalue weighted by molar-refractivity contribution is 0.415. The van der Waals surface area contributed by atoms with Crippen molar-refractivity contribution in [2.75, 3.05) is 11.8 Å². The van der Waals surface area contributed by atoms with Crippen molar-refractivity contribution in [3.05, 3.63) is 65.6 Å². The van der Waals surface area contributed by atoms with Crippen molar-refractivity contribution in [3.8, 4) is 5.75 Å². The molecule has 0 aliphatic carbocycles. The van der Waals surface area contributed by atoms with Gasteiger partial charge in [0.25, 0.3) is 10.0 Å². The summed E-state index contributed by atoms with van der Waals surface area (Å²) < 4.78 is 31.3. The number of hydrogen-bond donors (Lipinski definition) is 1. The van der Waals surface area contributed by atoms with Crippen LogP contribution in [-0.4, -0.2) is 15.5 Å². The minimum atomic E-state index is -3.52. The van der Waals surface area contributed by atoms with Gasteiger partial charge >= 0.3 is 0 Å². The van der Waals surface area contributed by atoms with Gasteiger partial charge in [-0.1, -0.05) is 30.3 Å². The first-order valence-corrected chi connectivity index (χ1v) is 7.54. The van der Waals surface area contributed by atoms with Gasteiger partial charge in [0.15, 0.2) is 0 Å². The third-order valence-corrected chi connectivity index (χ3v) is 3.60. The number of hydrogen-bond acceptors (Lipinski definition) is 3. The van der Waals surface area contributed by atoms with Crippen LogP contribution in [0.4, 0.5) is 5.69 Å². The molecule has 0 bridgehead atoms. The van der Waals surface area contributed by atoms with Gasteiger partial charge in [0.2, 0.25) is 0 Å². The van der Waals surface area contributed by atoms with Gasteiger partial charge in [0.1, 0.15) is 5.75 Å². The quantitative estimate of drug-likeness (QED) is 0.920. The number of rotatable bonds is 5. The molecule has 0 amide bonds. The van der Waals surface area contributed by atoms with Gasteiger partial charge in [-0.25, -0.2) is 8.42 Å². The standard InChI is InChI=1S/C15H15NO3S/c1-19-15-9-7-14(8-10-15)16-20(17,18)12-11-13-5-3-2-4-6-13/h2-12,16H,1H3/b12-11+. The molecule has 0 radical (unpaired) electrons. The molecule has 2 rings (SSSR count). The SMILES string of the molecule is COc1ccc(NS(=O)(=O)/C=C/c2ccccc2)cc1. The van der Waals surface area contributed by atoms with Crippen molar-refractivity contribution < 1.29 is 13.2 Å². The summed E-state index contributed by atoms with van der Waals surface area (Å²) in [5.74, 6) is 0.674. The van der Waals surface area contributed by atoms with Gasteiger partial charge in [-0.3, -0.25) is 4.72 Å². The van der Waals surface area contributed by atoms with E-state index in [1.165, 1.54) is 0 Å². The third-order valence-electron chi connectivity index (χ3n) is 2.59. The summed E-state index contributed by atoms with van der Waals surface area (Å²) in [6.07, 6.45) is 1.55. The molecule has 0 saturated heterocycles. The molecule has 0 aromatic heterocycles. The van der Waals surface area contributed by atoms with E-state index in [9.17, 15) is 8.42 Å². The van der Waals surface area contributed by atoms with E-state index in [4.69, 9.17) is 4.74 Å². The molecule has 20 heavy (non-hydrogen) atoms. The summed E-state index contributed by atoms with van der Waals surface area (Å²) in [7, 11) is -1.97. The lowest BCUT2D eigenvalue weighted by atomic mass is 10.2. The van der Waals surface area contributed by atoms with Crippen LogP contribution >= 0.6 is 0 Å². The number of sulfonamides is 1. The third kappa shape index (κ3) is 4.13. The molecule has 2 aromatic carbocycles. The molecular weight excluding hydrogens is 274 g/mol. The molecule has 5 heteroatoms. The Bertz CT molecular complexity index is 677. The molecule has 4 nitrogen and oxygen atoms in total. The van der Waals surface area contributed by atoms with E-state index >= 15 is 0 Å². The van der Waals surface area contributed by atoms with Crippen molar-refractivity contribution in [2.45, 2.75) is 0 Å². The zero-order valence-electron chi connectivity index (χ0n) is 11.0. The zero-order chi connectivity index (χ0) is 14.4. The highest BCUT2D eigenvalue weighted by Crippen LogP contribution is 2.16. The fourth-order valence-corrected chi connectivity index (χ4v) is 2.46. The highest BCUT2D eigenvalue weighted by molar-refractivity contribution is 7.95. The van der Waals surface area contributed by atoms with Crippen molar-refractivity contribution in [1.29, 1.82) is 0 Å². The van der Waals surface area contributed by atoms with Gasteiger partial charge in [-0.15, -0.1) is 0 Å². The van der Waals surface area contributed by atoms with Crippen LogP contribution in [0.5, 0.6) is 5.75 Å². The smallest absolute Gasteiger partial charge is 0.255 e. The Morgan fingerprint density at radius 3 is 2.25 bits per heavy atom. The van der Waals surface area contributed by atoms with Crippen molar-refractivity contribution >= 4 is 21.8 Å². The van der Waals surface area contributed by atoms with Crippen molar-refractivity contribution in [2.24, 2.45) is 0 Å². The lowest BCUT2D eigenvalue weighted by Gasteiger charge is -2.05. The molecule has 1 N–H and O–H groups in total. The van der Waals surface area contributed by atoms with E-state index in [2.05, 4.69) is 4.72 Å². The van der Waals surface area contributed by atoms with E-state index < -0.39 is 10.0 Å². The van der Waals surface area contributed by atoms with Crippen LogP contribution < -0.4 is 9.46 Å². The fourth-order valence-electron chi connectivity index (χ4n) is 1.59. The summed E-state index contributed by atoms with van der Waals surface area (Å²) in [6.45, 7) is 0. The number of methoxy groups -OCH3 is 1. The van der Waals surface area contributed by atoms with E-state index in [-0.39, 0.29) is 0 Å². The van der Waals surface area contributed by atoms with Crippen molar-refractivity contribution in [3.63, 3.8) is 0 Å². The minimum absolute atomic E-state index is 0.489. The molecule has 0 fully saturated rings. The first-order chi connectivity index (χ1) is 9.59. The normalized spacial score (nSPS) is 11.4. The first-order valence-electron chi connectivity index (χ1n) is 5.99. The van der Waals surface area contributed by atoms with Gasteiger partial charge < -0.3 is 4.74 Å². The topological polar surface area (TPSA) is 55.4 Å². The maximum atomic E-state index is 11.9. The van der Waals surface area contributed by atoms with Crippen LogP contribution in [-0.2, 0) is 10.0 Å². The zero-order valence-corrected chi connectivity index (χ0v) is 11.8. The van der Waals surface area contributed by atoms with Gasteiger partial charge in [0, 0.05) is 5.69 Å². The van der Waals surface area contributed by atoms with Crippen LogP contribution in [0.25, 0.3) is 6.08 Å². The Morgan fingerprint density at radius 1 is 1.00 bits per heavy atom. The molecule has 0 aliphatic rings. The molecule has 0 saturated carbocycles. The number of nitrogens with one attached hydrogen (secondary N) is 1. The highest BCUT2D eigenvalue weighted by atomic mass is 32.2. The van der Waals surface area contributed by atoms with E-state index in [0.29, 0.717) is 11.4 Å². The minimum Gasteiger partial charge on any atom is -0.497 e. The number of ether oxygens (including phenoxy) is 1. The molecule has 0 spiro atoms. The van der Waals surface area contributed by atoms with Crippen LogP contribution in [0.1, 0.15) is 5.56 Å². The van der Waals surface area contributed by atoms with E-state index in [0.717, 1.165) is 11.0 Å².